The molecule has 0 saturated carbocycles. The average Bonchev–Trinajstić information content (AvgIpc) is 2.44. The highest BCUT2D eigenvalue weighted by Gasteiger charge is 2.24. The van der Waals surface area contributed by atoms with Gasteiger partial charge in [-0.3, -0.25) is 4.90 Å². The summed E-state index contributed by atoms with van der Waals surface area (Å²) < 4.78 is 18.4. The number of hydrogen-bond acceptors (Lipinski definition) is 3. The standard InChI is InChI=1S/C15H24ClFN2O/c1-4-11(2)19(7-8-20-3)15(10-18)13-6-5-12(17)9-14(13)16/h5-6,9,11,15H,4,7-8,10,18H2,1-3H3. The van der Waals surface area contributed by atoms with Crippen LogP contribution in [0.1, 0.15) is 31.9 Å². The second-order valence-corrected chi connectivity index (χ2v) is 5.31. The van der Waals surface area contributed by atoms with Crippen molar-refractivity contribution in [1.82, 2.24) is 4.90 Å². The van der Waals surface area contributed by atoms with E-state index in [0.717, 1.165) is 18.5 Å². The first-order valence-corrected chi connectivity index (χ1v) is 7.32. The van der Waals surface area contributed by atoms with Crippen LogP contribution in [-0.2, 0) is 4.74 Å². The maximum Gasteiger partial charge on any atom is 0.124 e. The molecule has 0 aromatic heterocycles. The van der Waals surface area contributed by atoms with Crippen molar-refractivity contribution in [3.05, 3.63) is 34.6 Å². The zero-order chi connectivity index (χ0) is 15.1. The Kier molecular flexibility index (Phi) is 7.45. The molecule has 0 aliphatic rings. The fraction of sp³-hybridized carbons (Fsp3) is 0.600. The van der Waals surface area contributed by atoms with E-state index in [1.807, 2.05) is 0 Å². The molecule has 2 N–H and O–H groups in total. The van der Waals surface area contributed by atoms with E-state index in [9.17, 15) is 4.39 Å². The van der Waals surface area contributed by atoms with E-state index in [2.05, 4.69) is 18.7 Å². The molecule has 0 radical (unpaired) electrons. The Morgan fingerprint density at radius 3 is 2.65 bits per heavy atom. The smallest absolute Gasteiger partial charge is 0.124 e. The van der Waals surface area contributed by atoms with Crippen molar-refractivity contribution < 1.29 is 9.13 Å². The summed E-state index contributed by atoms with van der Waals surface area (Å²) in [6, 6.07) is 4.80. The fourth-order valence-electron chi connectivity index (χ4n) is 2.33. The molecule has 0 amide bonds. The van der Waals surface area contributed by atoms with Gasteiger partial charge in [0.1, 0.15) is 5.82 Å². The van der Waals surface area contributed by atoms with E-state index in [4.69, 9.17) is 22.1 Å². The van der Waals surface area contributed by atoms with Crippen LogP contribution in [0.15, 0.2) is 18.2 Å². The van der Waals surface area contributed by atoms with Crippen LogP contribution in [0.2, 0.25) is 5.02 Å². The second-order valence-electron chi connectivity index (χ2n) is 4.91. The normalized spacial score (nSPS) is 14.6. The molecule has 1 aromatic carbocycles. The summed E-state index contributed by atoms with van der Waals surface area (Å²) >= 11 is 6.18. The van der Waals surface area contributed by atoms with Gasteiger partial charge in [-0.2, -0.15) is 0 Å². The minimum atomic E-state index is -0.332. The molecule has 5 heteroatoms. The fourth-order valence-corrected chi connectivity index (χ4v) is 2.62. The molecule has 0 spiro atoms. The van der Waals surface area contributed by atoms with Crippen molar-refractivity contribution in [1.29, 1.82) is 0 Å². The van der Waals surface area contributed by atoms with Crippen molar-refractivity contribution in [3.63, 3.8) is 0 Å². The highest BCUT2D eigenvalue weighted by Crippen LogP contribution is 2.29. The van der Waals surface area contributed by atoms with Crippen LogP contribution in [0, 0.1) is 5.82 Å². The van der Waals surface area contributed by atoms with Gasteiger partial charge < -0.3 is 10.5 Å². The molecular weight excluding hydrogens is 279 g/mol. The average molecular weight is 303 g/mol. The third-order valence-electron chi connectivity index (χ3n) is 3.66. The molecule has 0 heterocycles. The van der Waals surface area contributed by atoms with Crippen LogP contribution < -0.4 is 5.73 Å². The number of halogens is 2. The molecule has 1 aromatic rings. The van der Waals surface area contributed by atoms with Crippen molar-refractivity contribution in [2.45, 2.75) is 32.4 Å². The number of nitrogens with two attached hydrogens (primary N) is 1. The molecule has 0 fully saturated rings. The largest absolute Gasteiger partial charge is 0.383 e. The van der Waals surface area contributed by atoms with Gasteiger partial charge >= 0.3 is 0 Å². The minimum absolute atomic E-state index is 0.0341. The molecule has 0 aliphatic heterocycles. The summed E-state index contributed by atoms with van der Waals surface area (Å²) in [6.07, 6.45) is 0.999. The molecule has 114 valence electrons. The van der Waals surface area contributed by atoms with E-state index in [1.165, 1.54) is 12.1 Å². The van der Waals surface area contributed by atoms with E-state index < -0.39 is 0 Å². The van der Waals surface area contributed by atoms with Crippen molar-refractivity contribution in [2.75, 3.05) is 26.8 Å². The lowest BCUT2D eigenvalue weighted by Crippen LogP contribution is -2.41. The number of ether oxygens (including phenoxy) is 1. The summed E-state index contributed by atoms with van der Waals surface area (Å²) in [5.74, 6) is -0.332. The van der Waals surface area contributed by atoms with Crippen LogP contribution >= 0.6 is 11.6 Å². The molecule has 2 atom stereocenters. The Morgan fingerprint density at radius 1 is 1.45 bits per heavy atom. The molecule has 20 heavy (non-hydrogen) atoms. The van der Waals surface area contributed by atoms with E-state index in [-0.39, 0.29) is 11.9 Å². The summed E-state index contributed by atoms with van der Waals surface area (Å²) in [4.78, 5) is 2.27. The molecular formula is C15H24ClFN2O. The van der Waals surface area contributed by atoms with Crippen molar-refractivity contribution in [2.24, 2.45) is 5.73 Å². The first kappa shape index (κ1) is 17.4. The number of nitrogens with zero attached hydrogens (tertiary/aromatic N) is 1. The van der Waals surface area contributed by atoms with Gasteiger partial charge in [0.05, 0.1) is 6.61 Å². The van der Waals surface area contributed by atoms with E-state index >= 15 is 0 Å². The quantitative estimate of drug-likeness (QED) is 0.801. The molecule has 3 nitrogen and oxygen atoms in total. The topological polar surface area (TPSA) is 38.5 Å². The first-order chi connectivity index (χ1) is 9.54. The third-order valence-corrected chi connectivity index (χ3v) is 3.98. The van der Waals surface area contributed by atoms with Crippen molar-refractivity contribution >= 4 is 11.6 Å². The Bertz CT molecular complexity index is 417. The van der Waals surface area contributed by atoms with Crippen LogP contribution in [0.3, 0.4) is 0 Å². The number of hydrogen-bond donors (Lipinski definition) is 1. The van der Waals surface area contributed by atoms with Crippen LogP contribution in [0.25, 0.3) is 0 Å². The third kappa shape index (κ3) is 4.42. The van der Waals surface area contributed by atoms with Gasteiger partial charge in [0, 0.05) is 37.3 Å². The van der Waals surface area contributed by atoms with Gasteiger partial charge in [0.15, 0.2) is 0 Å². The molecule has 0 bridgehead atoms. The highest BCUT2D eigenvalue weighted by molar-refractivity contribution is 6.31. The van der Waals surface area contributed by atoms with Crippen molar-refractivity contribution in [3.8, 4) is 0 Å². The Balaban J connectivity index is 3.04. The summed E-state index contributed by atoms with van der Waals surface area (Å²) in [6.45, 7) is 6.10. The zero-order valence-corrected chi connectivity index (χ0v) is 13.2. The predicted molar refractivity (Wildman–Crippen MR) is 81.5 cm³/mol. The minimum Gasteiger partial charge on any atom is -0.383 e. The second kappa shape index (κ2) is 8.57. The molecule has 1 rings (SSSR count). The number of benzene rings is 1. The summed E-state index contributed by atoms with van der Waals surface area (Å²) in [5, 5.41) is 0.422. The predicted octanol–water partition coefficient (Wildman–Crippen LogP) is 3.23. The Labute approximate surface area is 125 Å². The lowest BCUT2D eigenvalue weighted by Gasteiger charge is -2.36. The molecule has 0 saturated heterocycles. The van der Waals surface area contributed by atoms with Gasteiger partial charge in [-0.25, -0.2) is 4.39 Å². The van der Waals surface area contributed by atoms with Crippen LogP contribution in [-0.4, -0.2) is 37.7 Å². The SMILES string of the molecule is CCC(C)N(CCOC)C(CN)c1ccc(F)cc1Cl. The zero-order valence-electron chi connectivity index (χ0n) is 12.4. The van der Waals surface area contributed by atoms with Gasteiger partial charge in [-0.05, 0) is 31.0 Å². The maximum absolute atomic E-state index is 13.2. The maximum atomic E-state index is 13.2. The Morgan fingerprint density at radius 2 is 2.15 bits per heavy atom. The van der Waals surface area contributed by atoms with Gasteiger partial charge in [-0.15, -0.1) is 0 Å². The van der Waals surface area contributed by atoms with E-state index in [0.29, 0.717) is 24.2 Å². The van der Waals surface area contributed by atoms with Crippen LogP contribution in [0.5, 0.6) is 0 Å². The van der Waals surface area contributed by atoms with Gasteiger partial charge in [0.25, 0.3) is 0 Å². The Hall–Kier alpha value is -0.680. The number of methoxy groups -OCH3 is 1. The van der Waals surface area contributed by atoms with Gasteiger partial charge in [0.2, 0.25) is 0 Å². The lowest BCUT2D eigenvalue weighted by atomic mass is 10.0. The molecule has 2 unspecified atom stereocenters. The monoisotopic (exact) mass is 302 g/mol. The van der Waals surface area contributed by atoms with Gasteiger partial charge in [-0.1, -0.05) is 24.6 Å². The summed E-state index contributed by atoms with van der Waals surface area (Å²) in [5.41, 5.74) is 6.81. The van der Waals surface area contributed by atoms with Crippen LogP contribution in [0.4, 0.5) is 4.39 Å². The lowest BCUT2D eigenvalue weighted by molar-refractivity contribution is 0.0902. The summed E-state index contributed by atoms with van der Waals surface area (Å²) in [7, 11) is 1.68. The first-order valence-electron chi connectivity index (χ1n) is 6.94. The van der Waals surface area contributed by atoms with E-state index in [1.54, 1.807) is 13.2 Å². The number of rotatable bonds is 8. The highest BCUT2D eigenvalue weighted by atomic mass is 35.5. The molecule has 0 aliphatic carbocycles.